The van der Waals surface area contributed by atoms with Crippen LogP contribution in [-0.2, 0) is 14.8 Å². The fraction of sp³-hybridized carbons (Fsp3) is 0.385. The summed E-state index contributed by atoms with van der Waals surface area (Å²) < 4.78 is 26.3. The molecule has 0 spiro atoms. The molecule has 1 aliphatic heterocycles. The second-order valence-corrected chi connectivity index (χ2v) is 6.67. The Morgan fingerprint density at radius 3 is 2.80 bits per heavy atom. The summed E-state index contributed by atoms with van der Waals surface area (Å²) >= 11 is 0. The molecule has 0 radical (unpaired) electrons. The SMILES string of the molecule is O=C(O)C1CCCC1N=C1NS(=O)(=O)c2ccccc21. The van der Waals surface area contributed by atoms with Crippen molar-refractivity contribution < 1.29 is 18.3 Å². The van der Waals surface area contributed by atoms with Crippen molar-refractivity contribution in [2.45, 2.75) is 30.2 Å². The number of amidine groups is 1. The Morgan fingerprint density at radius 1 is 1.30 bits per heavy atom. The van der Waals surface area contributed by atoms with E-state index >= 15 is 0 Å². The van der Waals surface area contributed by atoms with E-state index < -0.39 is 21.9 Å². The summed E-state index contributed by atoms with van der Waals surface area (Å²) in [5, 5.41) is 9.15. The number of carboxylic acid groups (broad SMARTS) is 1. The number of aliphatic carboxylic acids is 1. The molecule has 1 heterocycles. The van der Waals surface area contributed by atoms with Gasteiger partial charge >= 0.3 is 5.97 Å². The highest BCUT2D eigenvalue weighted by molar-refractivity contribution is 7.90. The summed E-state index contributed by atoms with van der Waals surface area (Å²) in [6.07, 6.45) is 2.06. The lowest BCUT2D eigenvalue weighted by atomic mass is 10.0. The maximum Gasteiger partial charge on any atom is 0.308 e. The molecule has 2 aliphatic rings. The van der Waals surface area contributed by atoms with E-state index in [0.29, 0.717) is 18.4 Å². The van der Waals surface area contributed by atoms with Gasteiger partial charge < -0.3 is 5.11 Å². The van der Waals surface area contributed by atoms with E-state index in [4.69, 9.17) is 5.11 Å². The third kappa shape index (κ3) is 2.07. The summed E-state index contributed by atoms with van der Waals surface area (Å²) in [7, 11) is -3.56. The molecule has 0 saturated heterocycles. The number of carboxylic acids is 1. The van der Waals surface area contributed by atoms with Gasteiger partial charge in [0.15, 0.2) is 0 Å². The molecule has 0 amide bonds. The standard InChI is InChI=1S/C13H14N2O4S/c16-13(17)8-5-3-6-10(8)14-12-9-4-1-2-7-11(9)20(18,19)15-12/h1-2,4,7-8,10H,3,5-6H2,(H,14,15)(H,16,17). The summed E-state index contributed by atoms with van der Waals surface area (Å²) in [6, 6.07) is 6.22. The van der Waals surface area contributed by atoms with Gasteiger partial charge in [0.25, 0.3) is 10.0 Å². The lowest BCUT2D eigenvalue weighted by Gasteiger charge is -2.11. The molecule has 7 heteroatoms. The van der Waals surface area contributed by atoms with Crippen LogP contribution in [0.5, 0.6) is 0 Å². The van der Waals surface area contributed by atoms with Gasteiger partial charge in [-0.25, -0.2) is 8.42 Å². The van der Waals surface area contributed by atoms with Crippen LogP contribution in [-0.4, -0.2) is 31.4 Å². The Labute approximate surface area is 116 Å². The van der Waals surface area contributed by atoms with Crippen LogP contribution in [0.15, 0.2) is 34.2 Å². The van der Waals surface area contributed by atoms with Crippen molar-refractivity contribution in [2.24, 2.45) is 10.9 Å². The van der Waals surface area contributed by atoms with Gasteiger partial charge in [0, 0.05) is 5.56 Å². The van der Waals surface area contributed by atoms with Gasteiger partial charge in [0.2, 0.25) is 0 Å². The van der Waals surface area contributed by atoms with Gasteiger partial charge in [-0.3, -0.25) is 14.5 Å². The molecular weight excluding hydrogens is 280 g/mol. The first kappa shape index (κ1) is 13.1. The summed E-state index contributed by atoms with van der Waals surface area (Å²) in [5.41, 5.74) is 0.517. The molecule has 2 atom stereocenters. The fourth-order valence-electron chi connectivity index (χ4n) is 2.78. The smallest absolute Gasteiger partial charge is 0.308 e. The predicted octanol–water partition coefficient (Wildman–Crippen LogP) is 0.978. The van der Waals surface area contributed by atoms with E-state index in [-0.39, 0.29) is 16.8 Å². The summed E-state index contributed by atoms with van der Waals surface area (Å²) in [6.45, 7) is 0. The maximum atomic E-state index is 11.9. The van der Waals surface area contributed by atoms with Crippen molar-refractivity contribution in [3.63, 3.8) is 0 Å². The van der Waals surface area contributed by atoms with Crippen molar-refractivity contribution in [1.29, 1.82) is 0 Å². The van der Waals surface area contributed by atoms with Crippen LogP contribution < -0.4 is 4.72 Å². The minimum Gasteiger partial charge on any atom is -0.481 e. The largest absolute Gasteiger partial charge is 0.481 e. The van der Waals surface area contributed by atoms with E-state index in [2.05, 4.69) is 9.71 Å². The number of hydrogen-bond donors (Lipinski definition) is 2. The van der Waals surface area contributed by atoms with Gasteiger partial charge in [0.05, 0.1) is 16.9 Å². The van der Waals surface area contributed by atoms with Gasteiger partial charge in [0.1, 0.15) is 5.84 Å². The fourth-order valence-corrected chi connectivity index (χ4v) is 4.02. The number of nitrogens with one attached hydrogen (secondary N) is 1. The lowest BCUT2D eigenvalue weighted by molar-refractivity contribution is -0.141. The van der Waals surface area contributed by atoms with E-state index in [9.17, 15) is 13.2 Å². The molecule has 2 N–H and O–H groups in total. The van der Waals surface area contributed by atoms with Gasteiger partial charge in [-0.2, -0.15) is 0 Å². The third-order valence-electron chi connectivity index (χ3n) is 3.75. The average molecular weight is 294 g/mol. The number of sulfonamides is 1. The molecule has 1 aromatic carbocycles. The number of rotatable bonds is 2. The zero-order chi connectivity index (χ0) is 14.3. The number of benzene rings is 1. The molecule has 20 heavy (non-hydrogen) atoms. The van der Waals surface area contributed by atoms with Crippen molar-refractivity contribution in [2.75, 3.05) is 0 Å². The zero-order valence-electron chi connectivity index (χ0n) is 10.6. The third-order valence-corrected chi connectivity index (χ3v) is 5.15. The first-order valence-corrected chi connectivity index (χ1v) is 7.90. The van der Waals surface area contributed by atoms with Crippen molar-refractivity contribution in [3.8, 4) is 0 Å². The molecule has 1 saturated carbocycles. The van der Waals surface area contributed by atoms with Gasteiger partial charge in [-0.05, 0) is 25.0 Å². The van der Waals surface area contributed by atoms with Crippen LogP contribution in [0, 0.1) is 5.92 Å². The van der Waals surface area contributed by atoms with E-state index in [0.717, 1.165) is 6.42 Å². The highest BCUT2D eigenvalue weighted by atomic mass is 32.2. The van der Waals surface area contributed by atoms with Crippen LogP contribution in [0.4, 0.5) is 0 Å². The van der Waals surface area contributed by atoms with Crippen LogP contribution in [0.25, 0.3) is 0 Å². The van der Waals surface area contributed by atoms with Crippen molar-refractivity contribution >= 4 is 21.8 Å². The topological polar surface area (TPSA) is 95.8 Å². The van der Waals surface area contributed by atoms with Crippen LogP contribution in [0.2, 0.25) is 0 Å². The molecule has 0 aromatic heterocycles. The monoisotopic (exact) mass is 294 g/mol. The van der Waals surface area contributed by atoms with Crippen molar-refractivity contribution in [1.82, 2.24) is 4.72 Å². The van der Waals surface area contributed by atoms with Crippen LogP contribution in [0.3, 0.4) is 0 Å². The number of carbonyl (C=O) groups is 1. The highest BCUT2D eigenvalue weighted by Gasteiger charge is 2.36. The van der Waals surface area contributed by atoms with E-state index in [1.54, 1.807) is 18.2 Å². The lowest BCUT2D eigenvalue weighted by Crippen LogP contribution is -2.27. The Morgan fingerprint density at radius 2 is 2.05 bits per heavy atom. The first-order chi connectivity index (χ1) is 9.49. The Bertz CT molecular complexity index is 696. The summed E-state index contributed by atoms with van der Waals surface area (Å²) in [4.78, 5) is 15.7. The normalized spacial score (nSPS) is 29.1. The Balaban J connectivity index is 2.00. The number of hydrogen-bond acceptors (Lipinski definition) is 4. The minimum atomic E-state index is -3.56. The molecule has 106 valence electrons. The first-order valence-electron chi connectivity index (χ1n) is 6.42. The zero-order valence-corrected chi connectivity index (χ0v) is 11.4. The maximum absolute atomic E-state index is 11.9. The second kappa shape index (κ2) is 4.59. The second-order valence-electron chi connectivity index (χ2n) is 5.02. The molecule has 1 aliphatic carbocycles. The van der Waals surface area contributed by atoms with E-state index in [1.807, 2.05) is 0 Å². The Hall–Kier alpha value is -1.89. The van der Waals surface area contributed by atoms with Crippen molar-refractivity contribution in [3.05, 3.63) is 29.8 Å². The number of fused-ring (bicyclic) bond motifs is 1. The van der Waals surface area contributed by atoms with Crippen LogP contribution >= 0.6 is 0 Å². The highest BCUT2D eigenvalue weighted by Crippen LogP contribution is 2.30. The molecule has 2 unspecified atom stereocenters. The quantitative estimate of drug-likeness (QED) is 0.849. The van der Waals surface area contributed by atoms with E-state index in [1.165, 1.54) is 6.07 Å². The molecule has 6 nitrogen and oxygen atoms in total. The van der Waals surface area contributed by atoms with Gasteiger partial charge in [-0.1, -0.05) is 18.6 Å². The molecule has 1 fully saturated rings. The number of nitrogens with zero attached hydrogens (tertiary/aromatic N) is 1. The molecular formula is C13H14N2O4S. The predicted molar refractivity (Wildman–Crippen MR) is 72.1 cm³/mol. The minimum absolute atomic E-state index is 0.198. The summed E-state index contributed by atoms with van der Waals surface area (Å²) in [5.74, 6) is -1.13. The average Bonchev–Trinajstić information content (AvgIpc) is 2.95. The molecule has 3 rings (SSSR count). The Kier molecular flexibility index (Phi) is 3.01. The molecule has 0 bridgehead atoms. The van der Waals surface area contributed by atoms with Crippen LogP contribution in [0.1, 0.15) is 24.8 Å². The number of aliphatic imine (C=N–C) groups is 1. The van der Waals surface area contributed by atoms with Gasteiger partial charge in [-0.15, -0.1) is 0 Å². The molecule has 1 aromatic rings.